The van der Waals surface area contributed by atoms with Gasteiger partial charge in [0.1, 0.15) is 13.1 Å². The Morgan fingerprint density at radius 3 is 2.43 bits per heavy atom. The number of benzene rings is 1. The summed E-state index contributed by atoms with van der Waals surface area (Å²) in [6.45, 7) is -2.63. The Morgan fingerprint density at radius 2 is 1.90 bits per heavy atom. The van der Waals surface area contributed by atoms with Crippen molar-refractivity contribution in [3.05, 3.63) is 40.4 Å². The number of amides is 1. The maximum Gasteiger partial charge on any atom is 0.406 e. The Bertz CT molecular complexity index is 558. The van der Waals surface area contributed by atoms with Gasteiger partial charge in [-0.05, 0) is 17.7 Å². The van der Waals surface area contributed by atoms with E-state index < -0.39 is 31.1 Å². The van der Waals surface area contributed by atoms with Gasteiger partial charge in [-0.3, -0.25) is 9.59 Å². The first kappa shape index (κ1) is 17.2. The topological polar surface area (TPSA) is 57.6 Å². The number of aliphatic carboxylic acids is 1. The summed E-state index contributed by atoms with van der Waals surface area (Å²) >= 11 is 3.22. The molecule has 0 heterocycles. The standard InChI is InChI=1S/C13H11BrF3NO3/c14-10-4-2-1-3-9(10)5-6-11(19)18(7-12(20)21)8-13(15,16)17/h1-6H,7-8H2,(H,20,21). The Balaban J connectivity index is 2.85. The fraction of sp³-hybridized carbons (Fsp3) is 0.231. The van der Waals surface area contributed by atoms with E-state index in [0.29, 0.717) is 10.0 Å². The summed E-state index contributed by atoms with van der Waals surface area (Å²) in [6, 6.07) is 6.79. The lowest BCUT2D eigenvalue weighted by Crippen LogP contribution is -2.41. The third kappa shape index (κ3) is 6.44. The van der Waals surface area contributed by atoms with Crippen LogP contribution in [-0.4, -0.2) is 41.1 Å². The van der Waals surface area contributed by atoms with Crippen LogP contribution in [-0.2, 0) is 9.59 Å². The SMILES string of the molecule is O=C(O)CN(CC(F)(F)F)C(=O)C=Cc1ccccc1Br. The van der Waals surface area contributed by atoms with Crippen LogP contribution in [0.5, 0.6) is 0 Å². The molecule has 1 amide bonds. The molecule has 0 atom stereocenters. The summed E-state index contributed by atoms with van der Waals surface area (Å²) in [4.78, 5) is 22.5. The molecule has 0 aliphatic heterocycles. The molecule has 0 aromatic heterocycles. The molecule has 0 fully saturated rings. The van der Waals surface area contributed by atoms with Crippen molar-refractivity contribution in [1.82, 2.24) is 4.90 Å². The summed E-state index contributed by atoms with van der Waals surface area (Å²) in [5.41, 5.74) is 0.591. The van der Waals surface area contributed by atoms with E-state index in [1.54, 1.807) is 24.3 Å². The Morgan fingerprint density at radius 1 is 1.29 bits per heavy atom. The molecule has 0 saturated heterocycles. The van der Waals surface area contributed by atoms with Crippen molar-refractivity contribution < 1.29 is 27.9 Å². The van der Waals surface area contributed by atoms with Crippen LogP contribution in [0.2, 0.25) is 0 Å². The van der Waals surface area contributed by atoms with Gasteiger partial charge in [0.2, 0.25) is 5.91 Å². The number of carboxylic acids is 1. The van der Waals surface area contributed by atoms with E-state index in [-0.39, 0.29) is 4.90 Å². The molecule has 0 aliphatic rings. The third-order valence-corrected chi connectivity index (χ3v) is 3.04. The molecular weight excluding hydrogens is 355 g/mol. The molecule has 0 bridgehead atoms. The van der Waals surface area contributed by atoms with Crippen LogP contribution in [0.3, 0.4) is 0 Å². The Hall–Kier alpha value is -1.83. The van der Waals surface area contributed by atoms with E-state index in [1.165, 1.54) is 6.08 Å². The number of halogens is 4. The van der Waals surface area contributed by atoms with E-state index in [4.69, 9.17) is 5.11 Å². The van der Waals surface area contributed by atoms with Gasteiger partial charge in [0.25, 0.3) is 0 Å². The molecule has 1 N–H and O–H groups in total. The second kappa shape index (κ2) is 7.26. The lowest BCUT2D eigenvalue weighted by molar-refractivity contribution is -0.163. The molecule has 1 aromatic rings. The predicted molar refractivity (Wildman–Crippen MR) is 73.4 cm³/mol. The normalized spacial score (nSPS) is 11.6. The molecule has 0 spiro atoms. The van der Waals surface area contributed by atoms with E-state index in [1.807, 2.05) is 0 Å². The average Bonchev–Trinajstić information content (AvgIpc) is 2.34. The van der Waals surface area contributed by atoms with Crippen molar-refractivity contribution >= 4 is 33.9 Å². The van der Waals surface area contributed by atoms with Crippen molar-refractivity contribution in [2.45, 2.75) is 6.18 Å². The third-order valence-electron chi connectivity index (χ3n) is 2.32. The highest BCUT2D eigenvalue weighted by atomic mass is 79.9. The quantitative estimate of drug-likeness (QED) is 0.816. The molecule has 1 aromatic carbocycles. The van der Waals surface area contributed by atoms with Crippen LogP contribution < -0.4 is 0 Å². The second-order valence-electron chi connectivity index (χ2n) is 4.06. The molecule has 21 heavy (non-hydrogen) atoms. The highest BCUT2D eigenvalue weighted by molar-refractivity contribution is 9.10. The lowest BCUT2D eigenvalue weighted by atomic mass is 10.2. The van der Waals surface area contributed by atoms with Gasteiger partial charge < -0.3 is 10.0 Å². The van der Waals surface area contributed by atoms with Gasteiger partial charge >= 0.3 is 12.1 Å². The number of nitrogens with zero attached hydrogens (tertiary/aromatic N) is 1. The number of rotatable bonds is 5. The van der Waals surface area contributed by atoms with Gasteiger partial charge in [0.15, 0.2) is 0 Å². The zero-order valence-electron chi connectivity index (χ0n) is 10.6. The van der Waals surface area contributed by atoms with Crippen LogP contribution in [0.4, 0.5) is 13.2 Å². The average molecular weight is 366 g/mol. The summed E-state index contributed by atoms with van der Waals surface area (Å²) in [6.07, 6.45) is -2.43. The van der Waals surface area contributed by atoms with Crippen LogP contribution in [0.15, 0.2) is 34.8 Å². The maximum absolute atomic E-state index is 12.3. The highest BCUT2D eigenvalue weighted by Crippen LogP contribution is 2.19. The first-order valence-corrected chi connectivity index (χ1v) is 6.48. The number of carbonyl (C=O) groups is 2. The molecule has 0 aliphatic carbocycles. The Kier molecular flexibility index (Phi) is 5.95. The van der Waals surface area contributed by atoms with E-state index in [0.717, 1.165) is 6.08 Å². The summed E-state index contributed by atoms with van der Waals surface area (Å²) < 4.78 is 37.6. The van der Waals surface area contributed by atoms with E-state index >= 15 is 0 Å². The fourth-order valence-electron chi connectivity index (χ4n) is 1.47. The first-order chi connectivity index (χ1) is 9.69. The predicted octanol–water partition coefficient (Wildman–Crippen LogP) is 2.94. The van der Waals surface area contributed by atoms with Crippen LogP contribution in [0.1, 0.15) is 5.56 Å². The molecular formula is C13H11BrF3NO3. The van der Waals surface area contributed by atoms with Crippen LogP contribution in [0.25, 0.3) is 6.08 Å². The lowest BCUT2D eigenvalue weighted by Gasteiger charge is -2.20. The van der Waals surface area contributed by atoms with Gasteiger partial charge in [-0.25, -0.2) is 0 Å². The number of alkyl halides is 3. The summed E-state index contributed by atoms with van der Waals surface area (Å²) in [5, 5.41) is 8.57. The number of hydrogen-bond donors (Lipinski definition) is 1. The van der Waals surface area contributed by atoms with Gasteiger partial charge in [-0.1, -0.05) is 34.1 Å². The minimum Gasteiger partial charge on any atom is -0.480 e. The smallest absolute Gasteiger partial charge is 0.406 e. The molecule has 8 heteroatoms. The largest absolute Gasteiger partial charge is 0.480 e. The van der Waals surface area contributed by atoms with Crippen molar-refractivity contribution in [1.29, 1.82) is 0 Å². The van der Waals surface area contributed by atoms with Crippen LogP contribution in [0, 0.1) is 0 Å². The maximum atomic E-state index is 12.3. The van der Waals surface area contributed by atoms with Gasteiger partial charge in [0, 0.05) is 10.5 Å². The molecule has 0 saturated carbocycles. The Labute approximate surface area is 127 Å². The minimum absolute atomic E-state index is 0.218. The van der Waals surface area contributed by atoms with E-state index in [9.17, 15) is 22.8 Å². The van der Waals surface area contributed by atoms with Gasteiger partial charge in [-0.15, -0.1) is 0 Å². The van der Waals surface area contributed by atoms with Crippen molar-refractivity contribution in [2.24, 2.45) is 0 Å². The van der Waals surface area contributed by atoms with Crippen molar-refractivity contribution in [2.75, 3.05) is 13.1 Å². The van der Waals surface area contributed by atoms with Crippen molar-refractivity contribution in [3.8, 4) is 0 Å². The zero-order valence-corrected chi connectivity index (χ0v) is 12.2. The summed E-state index contributed by atoms with van der Waals surface area (Å²) in [5.74, 6) is -2.53. The molecule has 114 valence electrons. The van der Waals surface area contributed by atoms with Crippen molar-refractivity contribution in [3.63, 3.8) is 0 Å². The number of hydrogen-bond acceptors (Lipinski definition) is 2. The van der Waals surface area contributed by atoms with Gasteiger partial charge in [0.05, 0.1) is 0 Å². The van der Waals surface area contributed by atoms with Crippen LogP contribution >= 0.6 is 15.9 Å². The van der Waals surface area contributed by atoms with Gasteiger partial charge in [-0.2, -0.15) is 13.2 Å². The second-order valence-corrected chi connectivity index (χ2v) is 4.91. The number of carboxylic acid groups (broad SMARTS) is 1. The minimum atomic E-state index is -4.66. The van der Waals surface area contributed by atoms with E-state index in [2.05, 4.69) is 15.9 Å². The molecule has 0 radical (unpaired) electrons. The fourth-order valence-corrected chi connectivity index (χ4v) is 1.89. The molecule has 4 nitrogen and oxygen atoms in total. The molecule has 0 unspecified atom stereocenters. The summed E-state index contributed by atoms with van der Waals surface area (Å²) in [7, 11) is 0. The molecule has 1 rings (SSSR count). The highest BCUT2D eigenvalue weighted by Gasteiger charge is 2.33. The number of carbonyl (C=O) groups excluding carboxylic acids is 1. The monoisotopic (exact) mass is 365 g/mol. The zero-order chi connectivity index (χ0) is 16.0. The first-order valence-electron chi connectivity index (χ1n) is 5.69.